The normalized spacial score (nSPS) is 10.8. The number of ketones is 1. The Morgan fingerprint density at radius 3 is 2.73 bits per heavy atom. The number of nitrogens with zero attached hydrogens (tertiary/aromatic N) is 2. The summed E-state index contributed by atoms with van der Waals surface area (Å²) in [5.41, 5.74) is 2.74. The molecule has 0 amide bonds. The number of carbonyl (C=O) groups is 2. The number of methoxy groups -OCH3 is 1. The molecule has 128 valence electrons. The van der Waals surface area contributed by atoms with Crippen molar-refractivity contribution in [2.24, 2.45) is 0 Å². The summed E-state index contributed by atoms with van der Waals surface area (Å²) in [6.07, 6.45) is 1.70. The highest BCUT2D eigenvalue weighted by Crippen LogP contribution is 2.25. The Bertz CT molecular complexity index is 1130. The molecule has 0 atom stereocenters. The van der Waals surface area contributed by atoms with Gasteiger partial charge in [0.1, 0.15) is 11.4 Å². The molecule has 1 aromatic carbocycles. The molecule has 3 heterocycles. The van der Waals surface area contributed by atoms with Crippen LogP contribution in [0.2, 0.25) is 0 Å². The standard InChI is InChI=1S/C19H13N3O3S/c1-25-19(24)15-8-4-7-14(21-15)16-10-26-18(22-16)17(23)12-9-20-13-6-3-2-5-11(12)13/h2-10,20H,1H3. The summed E-state index contributed by atoms with van der Waals surface area (Å²) in [6.45, 7) is 0. The summed E-state index contributed by atoms with van der Waals surface area (Å²) in [7, 11) is 1.30. The first-order valence-corrected chi connectivity index (χ1v) is 8.67. The number of hydrogen-bond acceptors (Lipinski definition) is 6. The molecule has 0 fully saturated rings. The number of para-hydroxylation sites is 1. The van der Waals surface area contributed by atoms with E-state index in [9.17, 15) is 9.59 Å². The van der Waals surface area contributed by atoms with Crippen molar-refractivity contribution in [1.29, 1.82) is 0 Å². The van der Waals surface area contributed by atoms with Crippen LogP contribution in [0.25, 0.3) is 22.3 Å². The van der Waals surface area contributed by atoms with E-state index >= 15 is 0 Å². The lowest BCUT2D eigenvalue weighted by Crippen LogP contribution is -2.04. The average molecular weight is 363 g/mol. The Morgan fingerprint density at radius 1 is 1.04 bits per heavy atom. The fraction of sp³-hybridized carbons (Fsp3) is 0.0526. The smallest absolute Gasteiger partial charge is 0.356 e. The van der Waals surface area contributed by atoms with Gasteiger partial charge in [-0.05, 0) is 18.2 Å². The van der Waals surface area contributed by atoms with E-state index < -0.39 is 5.97 Å². The van der Waals surface area contributed by atoms with Crippen LogP contribution in [0.1, 0.15) is 25.9 Å². The van der Waals surface area contributed by atoms with E-state index in [2.05, 4.69) is 19.7 Å². The Balaban J connectivity index is 1.68. The second kappa shape index (κ2) is 6.53. The Labute approximate surface area is 152 Å². The molecule has 1 N–H and O–H groups in total. The van der Waals surface area contributed by atoms with Crippen molar-refractivity contribution in [3.05, 3.63) is 70.3 Å². The summed E-state index contributed by atoms with van der Waals surface area (Å²) in [6, 6.07) is 12.6. The quantitative estimate of drug-likeness (QED) is 0.441. The minimum absolute atomic E-state index is 0.150. The van der Waals surface area contributed by atoms with E-state index in [1.54, 1.807) is 29.8 Å². The van der Waals surface area contributed by atoms with Gasteiger partial charge in [0.15, 0.2) is 5.01 Å². The number of pyridine rings is 1. The van der Waals surface area contributed by atoms with Crippen molar-refractivity contribution in [3.63, 3.8) is 0 Å². The molecule has 0 radical (unpaired) electrons. The second-order valence-electron chi connectivity index (χ2n) is 5.51. The van der Waals surface area contributed by atoms with Gasteiger partial charge in [0.05, 0.1) is 18.4 Å². The number of benzene rings is 1. The van der Waals surface area contributed by atoms with Crippen molar-refractivity contribution in [1.82, 2.24) is 15.0 Å². The zero-order valence-corrected chi connectivity index (χ0v) is 14.5. The Morgan fingerprint density at radius 2 is 1.88 bits per heavy atom. The molecule has 0 aliphatic carbocycles. The molecular weight excluding hydrogens is 350 g/mol. The zero-order valence-electron chi connectivity index (χ0n) is 13.7. The van der Waals surface area contributed by atoms with E-state index in [0.717, 1.165) is 10.9 Å². The fourth-order valence-corrected chi connectivity index (χ4v) is 3.43. The van der Waals surface area contributed by atoms with Gasteiger partial charge in [-0.1, -0.05) is 24.3 Å². The van der Waals surface area contributed by atoms with Crippen LogP contribution in [0.4, 0.5) is 0 Å². The molecule has 7 heteroatoms. The maximum Gasteiger partial charge on any atom is 0.356 e. The lowest BCUT2D eigenvalue weighted by Gasteiger charge is -2.00. The van der Waals surface area contributed by atoms with Crippen molar-refractivity contribution in [2.45, 2.75) is 0 Å². The van der Waals surface area contributed by atoms with Crippen LogP contribution in [-0.4, -0.2) is 33.8 Å². The van der Waals surface area contributed by atoms with Gasteiger partial charge in [0.25, 0.3) is 0 Å². The third-order valence-electron chi connectivity index (χ3n) is 3.94. The fourth-order valence-electron chi connectivity index (χ4n) is 2.67. The number of ether oxygens (including phenoxy) is 1. The Hall–Kier alpha value is -3.32. The Kier molecular flexibility index (Phi) is 4.06. The van der Waals surface area contributed by atoms with Crippen LogP contribution in [0, 0.1) is 0 Å². The first kappa shape index (κ1) is 16.2. The van der Waals surface area contributed by atoms with E-state index in [-0.39, 0.29) is 11.5 Å². The summed E-state index contributed by atoms with van der Waals surface area (Å²) < 4.78 is 4.68. The van der Waals surface area contributed by atoms with Crippen molar-refractivity contribution < 1.29 is 14.3 Å². The van der Waals surface area contributed by atoms with E-state index in [1.165, 1.54) is 18.4 Å². The molecule has 0 spiro atoms. The van der Waals surface area contributed by atoms with Crippen LogP contribution < -0.4 is 0 Å². The number of thiazole rings is 1. The van der Waals surface area contributed by atoms with Crippen LogP contribution in [-0.2, 0) is 4.74 Å². The third kappa shape index (κ3) is 2.78. The highest BCUT2D eigenvalue weighted by Gasteiger charge is 2.19. The number of aromatic nitrogens is 3. The number of carbonyl (C=O) groups excluding carboxylic acids is 2. The third-order valence-corrected chi connectivity index (χ3v) is 4.78. The highest BCUT2D eigenvalue weighted by atomic mass is 32.1. The second-order valence-corrected chi connectivity index (χ2v) is 6.37. The largest absolute Gasteiger partial charge is 0.464 e. The van der Waals surface area contributed by atoms with Gasteiger partial charge < -0.3 is 9.72 Å². The maximum atomic E-state index is 12.8. The number of H-pyrrole nitrogens is 1. The van der Waals surface area contributed by atoms with Crippen molar-refractivity contribution >= 4 is 34.0 Å². The minimum Gasteiger partial charge on any atom is -0.464 e. The minimum atomic E-state index is -0.517. The van der Waals surface area contributed by atoms with Crippen molar-refractivity contribution in [2.75, 3.05) is 7.11 Å². The van der Waals surface area contributed by atoms with E-state index in [1.807, 2.05) is 24.3 Å². The molecule has 4 aromatic rings. The zero-order chi connectivity index (χ0) is 18.1. The molecule has 0 bridgehead atoms. The summed E-state index contributed by atoms with van der Waals surface area (Å²) in [5, 5.41) is 2.99. The van der Waals surface area contributed by atoms with Crippen LogP contribution in [0.15, 0.2) is 54.0 Å². The number of aromatic amines is 1. The van der Waals surface area contributed by atoms with Gasteiger partial charge in [0.2, 0.25) is 5.78 Å². The van der Waals surface area contributed by atoms with Gasteiger partial charge >= 0.3 is 5.97 Å². The molecule has 0 aliphatic rings. The molecule has 4 rings (SSSR count). The number of esters is 1. The lowest BCUT2D eigenvalue weighted by molar-refractivity contribution is 0.0594. The molecule has 0 unspecified atom stereocenters. The molecule has 0 aliphatic heterocycles. The predicted molar refractivity (Wildman–Crippen MR) is 98.4 cm³/mol. The molecular formula is C19H13N3O3S. The van der Waals surface area contributed by atoms with Gasteiger partial charge in [-0.3, -0.25) is 4.79 Å². The van der Waals surface area contributed by atoms with Gasteiger partial charge in [0, 0.05) is 22.5 Å². The van der Waals surface area contributed by atoms with Gasteiger partial charge in [-0.15, -0.1) is 11.3 Å². The van der Waals surface area contributed by atoms with E-state index in [0.29, 0.717) is 22.0 Å². The summed E-state index contributed by atoms with van der Waals surface area (Å²) in [4.78, 5) is 36.2. The van der Waals surface area contributed by atoms with E-state index in [4.69, 9.17) is 0 Å². The SMILES string of the molecule is COC(=O)c1cccc(-c2csc(C(=O)c3c[nH]c4ccccc34)n2)n1. The molecule has 3 aromatic heterocycles. The molecule has 0 saturated carbocycles. The number of hydrogen-bond donors (Lipinski definition) is 1. The first-order valence-electron chi connectivity index (χ1n) is 7.79. The van der Waals surface area contributed by atoms with Crippen LogP contribution in [0.5, 0.6) is 0 Å². The van der Waals surface area contributed by atoms with Gasteiger partial charge in [-0.25, -0.2) is 14.8 Å². The first-order chi connectivity index (χ1) is 12.7. The molecule has 6 nitrogen and oxygen atoms in total. The lowest BCUT2D eigenvalue weighted by atomic mass is 10.1. The summed E-state index contributed by atoms with van der Waals surface area (Å²) >= 11 is 1.25. The highest BCUT2D eigenvalue weighted by molar-refractivity contribution is 7.12. The topological polar surface area (TPSA) is 84.9 Å². The molecule has 26 heavy (non-hydrogen) atoms. The van der Waals surface area contributed by atoms with Gasteiger partial charge in [-0.2, -0.15) is 0 Å². The maximum absolute atomic E-state index is 12.8. The predicted octanol–water partition coefficient (Wildman–Crippen LogP) is 3.70. The molecule has 0 saturated heterocycles. The number of fused-ring (bicyclic) bond motifs is 1. The summed E-state index contributed by atoms with van der Waals surface area (Å²) in [5.74, 6) is -0.667. The number of rotatable bonds is 4. The van der Waals surface area contributed by atoms with Crippen LogP contribution >= 0.6 is 11.3 Å². The van der Waals surface area contributed by atoms with Crippen LogP contribution in [0.3, 0.4) is 0 Å². The number of nitrogens with one attached hydrogen (secondary N) is 1. The monoisotopic (exact) mass is 363 g/mol. The van der Waals surface area contributed by atoms with Crippen molar-refractivity contribution in [3.8, 4) is 11.4 Å². The average Bonchev–Trinajstić information content (AvgIpc) is 3.34.